The molecule has 0 heterocycles. The Balaban J connectivity index is 2.02. The summed E-state index contributed by atoms with van der Waals surface area (Å²) in [5, 5.41) is 10.4. The van der Waals surface area contributed by atoms with Gasteiger partial charge >= 0.3 is 0 Å². The second kappa shape index (κ2) is 6.88. The lowest BCUT2D eigenvalue weighted by Crippen LogP contribution is -2.24. The summed E-state index contributed by atoms with van der Waals surface area (Å²) in [7, 11) is 2.05. The predicted molar refractivity (Wildman–Crippen MR) is 88.4 cm³/mol. The molecule has 0 saturated heterocycles. The molecule has 0 aromatic heterocycles. The van der Waals surface area contributed by atoms with Crippen LogP contribution in [0.4, 0.5) is 0 Å². The fraction of sp³-hybridized carbons (Fsp3) is 0.368. The summed E-state index contributed by atoms with van der Waals surface area (Å²) in [6.07, 6.45) is -0.447. The Labute approximate surface area is 128 Å². The second-order valence-electron chi connectivity index (χ2n) is 6.06. The number of aryl methyl sites for hydroxylation is 3. The van der Waals surface area contributed by atoms with Crippen molar-refractivity contribution in [3.63, 3.8) is 0 Å². The molecule has 2 aromatic carbocycles. The molecule has 21 heavy (non-hydrogen) atoms. The van der Waals surface area contributed by atoms with Crippen molar-refractivity contribution < 1.29 is 5.11 Å². The van der Waals surface area contributed by atoms with Gasteiger partial charge in [-0.05, 0) is 44.5 Å². The Morgan fingerprint density at radius 1 is 1.00 bits per heavy atom. The van der Waals surface area contributed by atoms with Crippen molar-refractivity contribution in [3.05, 3.63) is 70.3 Å². The SMILES string of the molecule is Cc1cc(C)cc(C(O)CN(C)Cc2ccccc2C)c1. The van der Waals surface area contributed by atoms with Crippen LogP contribution in [0.3, 0.4) is 0 Å². The zero-order chi connectivity index (χ0) is 15.4. The molecule has 0 aliphatic heterocycles. The van der Waals surface area contributed by atoms with Gasteiger partial charge < -0.3 is 5.11 Å². The zero-order valence-electron chi connectivity index (χ0n) is 13.4. The Kier molecular flexibility index (Phi) is 5.16. The highest BCUT2D eigenvalue weighted by molar-refractivity contribution is 5.30. The van der Waals surface area contributed by atoms with Gasteiger partial charge in [0, 0.05) is 13.1 Å². The van der Waals surface area contributed by atoms with Crippen LogP contribution in [0.5, 0.6) is 0 Å². The molecule has 0 aliphatic carbocycles. The maximum Gasteiger partial charge on any atom is 0.0917 e. The lowest BCUT2D eigenvalue weighted by Gasteiger charge is -2.22. The van der Waals surface area contributed by atoms with Gasteiger partial charge in [-0.25, -0.2) is 0 Å². The van der Waals surface area contributed by atoms with E-state index in [1.54, 1.807) is 0 Å². The number of hydrogen-bond acceptors (Lipinski definition) is 2. The molecule has 2 nitrogen and oxygen atoms in total. The molecule has 0 spiro atoms. The molecule has 1 atom stereocenters. The maximum absolute atomic E-state index is 10.4. The molecule has 112 valence electrons. The topological polar surface area (TPSA) is 23.5 Å². The minimum atomic E-state index is -0.447. The summed E-state index contributed by atoms with van der Waals surface area (Å²) in [5.74, 6) is 0. The molecule has 0 amide bonds. The van der Waals surface area contributed by atoms with E-state index in [4.69, 9.17) is 0 Å². The molecule has 0 radical (unpaired) electrons. The summed E-state index contributed by atoms with van der Waals surface area (Å²) < 4.78 is 0. The number of aliphatic hydroxyl groups is 1. The Morgan fingerprint density at radius 2 is 1.62 bits per heavy atom. The van der Waals surface area contributed by atoms with Crippen LogP contribution in [0.2, 0.25) is 0 Å². The van der Waals surface area contributed by atoms with Crippen molar-refractivity contribution in [2.45, 2.75) is 33.4 Å². The third kappa shape index (κ3) is 4.42. The number of benzene rings is 2. The van der Waals surface area contributed by atoms with Crippen molar-refractivity contribution >= 4 is 0 Å². The van der Waals surface area contributed by atoms with Crippen LogP contribution in [-0.4, -0.2) is 23.6 Å². The minimum Gasteiger partial charge on any atom is -0.387 e. The van der Waals surface area contributed by atoms with Crippen LogP contribution < -0.4 is 0 Å². The first kappa shape index (κ1) is 15.7. The van der Waals surface area contributed by atoms with Gasteiger partial charge in [-0.15, -0.1) is 0 Å². The lowest BCUT2D eigenvalue weighted by molar-refractivity contribution is 0.123. The molecule has 0 fully saturated rings. The number of aliphatic hydroxyl groups excluding tert-OH is 1. The second-order valence-corrected chi connectivity index (χ2v) is 6.06. The van der Waals surface area contributed by atoms with Gasteiger partial charge in [0.1, 0.15) is 0 Å². The quantitative estimate of drug-likeness (QED) is 0.902. The first-order valence-corrected chi connectivity index (χ1v) is 7.45. The van der Waals surface area contributed by atoms with E-state index >= 15 is 0 Å². The fourth-order valence-corrected chi connectivity index (χ4v) is 2.75. The van der Waals surface area contributed by atoms with E-state index < -0.39 is 6.10 Å². The molecule has 1 unspecified atom stereocenters. The van der Waals surface area contributed by atoms with Gasteiger partial charge in [0.25, 0.3) is 0 Å². The number of hydrogen-bond donors (Lipinski definition) is 1. The smallest absolute Gasteiger partial charge is 0.0917 e. The highest BCUT2D eigenvalue weighted by Crippen LogP contribution is 2.19. The normalized spacial score (nSPS) is 12.7. The van der Waals surface area contributed by atoms with Crippen molar-refractivity contribution in [2.24, 2.45) is 0 Å². The van der Waals surface area contributed by atoms with Crippen LogP contribution in [-0.2, 0) is 6.54 Å². The summed E-state index contributed by atoms with van der Waals surface area (Å²) in [4.78, 5) is 2.17. The van der Waals surface area contributed by atoms with E-state index in [1.165, 1.54) is 22.3 Å². The van der Waals surface area contributed by atoms with E-state index in [0.29, 0.717) is 6.54 Å². The van der Waals surface area contributed by atoms with Crippen LogP contribution in [0.1, 0.15) is 33.9 Å². The average molecular weight is 283 g/mol. The third-order valence-corrected chi connectivity index (χ3v) is 3.81. The number of nitrogens with zero attached hydrogens (tertiary/aromatic N) is 1. The summed E-state index contributed by atoms with van der Waals surface area (Å²) in [6, 6.07) is 14.7. The standard InChI is InChI=1S/C19H25NO/c1-14-9-15(2)11-18(10-14)19(21)13-20(4)12-17-8-6-5-7-16(17)3/h5-11,19,21H,12-13H2,1-4H3. The summed E-state index contributed by atoms with van der Waals surface area (Å²) in [5.41, 5.74) is 6.01. The number of rotatable bonds is 5. The van der Waals surface area contributed by atoms with Crippen molar-refractivity contribution in [3.8, 4) is 0 Å². The molecule has 2 heteroatoms. The van der Waals surface area contributed by atoms with Gasteiger partial charge in [-0.3, -0.25) is 4.90 Å². The van der Waals surface area contributed by atoms with Gasteiger partial charge in [0.15, 0.2) is 0 Å². The minimum absolute atomic E-state index is 0.447. The Hall–Kier alpha value is -1.64. The summed E-state index contributed by atoms with van der Waals surface area (Å²) in [6.45, 7) is 7.76. The first-order chi connectivity index (χ1) is 9.95. The van der Waals surface area contributed by atoms with Crippen LogP contribution in [0.25, 0.3) is 0 Å². The van der Waals surface area contributed by atoms with Crippen molar-refractivity contribution in [1.29, 1.82) is 0 Å². The van der Waals surface area contributed by atoms with Crippen molar-refractivity contribution in [1.82, 2.24) is 4.90 Å². The lowest BCUT2D eigenvalue weighted by atomic mass is 10.0. The molecular formula is C19H25NO. The van der Waals surface area contributed by atoms with Gasteiger partial charge in [-0.1, -0.05) is 53.6 Å². The maximum atomic E-state index is 10.4. The van der Waals surface area contributed by atoms with Gasteiger partial charge in [0.2, 0.25) is 0 Å². The van der Waals surface area contributed by atoms with E-state index in [9.17, 15) is 5.11 Å². The van der Waals surface area contributed by atoms with E-state index in [1.807, 2.05) is 0 Å². The molecule has 0 bridgehead atoms. The average Bonchev–Trinajstić information content (AvgIpc) is 2.40. The molecule has 0 saturated carbocycles. The molecule has 2 aromatic rings. The predicted octanol–water partition coefficient (Wildman–Crippen LogP) is 3.78. The van der Waals surface area contributed by atoms with Gasteiger partial charge in [0.05, 0.1) is 6.10 Å². The molecule has 1 N–H and O–H groups in total. The Morgan fingerprint density at radius 3 is 2.24 bits per heavy atom. The fourth-order valence-electron chi connectivity index (χ4n) is 2.75. The molecule has 2 rings (SSSR count). The first-order valence-electron chi connectivity index (χ1n) is 7.45. The molecular weight excluding hydrogens is 258 g/mol. The van der Waals surface area contributed by atoms with Crippen LogP contribution in [0.15, 0.2) is 42.5 Å². The van der Waals surface area contributed by atoms with E-state index in [0.717, 1.165) is 12.1 Å². The van der Waals surface area contributed by atoms with Crippen molar-refractivity contribution in [2.75, 3.05) is 13.6 Å². The largest absolute Gasteiger partial charge is 0.387 e. The van der Waals surface area contributed by atoms with Crippen LogP contribution >= 0.6 is 0 Å². The number of likely N-dealkylation sites (N-methyl/N-ethyl adjacent to an activating group) is 1. The molecule has 0 aliphatic rings. The summed E-state index contributed by atoms with van der Waals surface area (Å²) >= 11 is 0. The Bertz CT molecular complexity index is 586. The highest BCUT2D eigenvalue weighted by atomic mass is 16.3. The van der Waals surface area contributed by atoms with Crippen LogP contribution in [0, 0.1) is 20.8 Å². The van der Waals surface area contributed by atoms with E-state index in [2.05, 4.69) is 75.2 Å². The van der Waals surface area contributed by atoms with Gasteiger partial charge in [-0.2, -0.15) is 0 Å². The monoisotopic (exact) mass is 283 g/mol. The third-order valence-electron chi connectivity index (χ3n) is 3.81. The zero-order valence-corrected chi connectivity index (χ0v) is 13.4. The van der Waals surface area contributed by atoms with E-state index in [-0.39, 0.29) is 0 Å². The highest BCUT2D eigenvalue weighted by Gasteiger charge is 2.12.